The molecule has 0 radical (unpaired) electrons. The molecular weight excluding hydrogens is 266 g/mol. The number of likely N-dealkylation sites (tertiary alicyclic amines) is 1. The summed E-state index contributed by atoms with van der Waals surface area (Å²) in [6, 6.07) is 0. The van der Waals surface area contributed by atoms with Crippen molar-refractivity contribution in [2.45, 2.75) is 26.7 Å². The van der Waals surface area contributed by atoms with Gasteiger partial charge in [-0.15, -0.1) is 0 Å². The second-order valence-corrected chi connectivity index (χ2v) is 6.02. The minimum Gasteiger partial charge on any atom is -0.322 e. The van der Waals surface area contributed by atoms with Crippen molar-refractivity contribution in [3.63, 3.8) is 0 Å². The molecule has 1 aliphatic rings. The molecule has 1 unspecified atom stereocenters. The molecule has 0 saturated carbocycles. The Morgan fingerprint density at radius 1 is 1.43 bits per heavy atom. The molecule has 1 saturated heterocycles. The summed E-state index contributed by atoms with van der Waals surface area (Å²) in [5, 5.41) is 10.6. The van der Waals surface area contributed by atoms with Crippen molar-refractivity contribution in [1.29, 1.82) is 0 Å². The van der Waals surface area contributed by atoms with Crippen molar-refractivity contribution in [1.82, 2.24) is 20.0 Å². The van der Waals surface area contributed by atoms with Gasteiger partial charge in [0.1, 0.15) is 0 Å². The largest absolute Gasteiger partial charge is 0.322 e. The average molecular weight is 293 g/mol. The topological polar surface area (TPSA) is 62.2 Å². The van der Waals surface area contributed by atoms with Crippen LogP contribution in [0.4, 0.5) is 5.69 Å². The van der Waals surface area contributed by atoms with Crippen molar-refractivity contribution in [3.8, 4) is 0 Å². The van der Waals surface area contributed by atoms with Crippen LogP contribution in [0.2, 0.25) is 0 Å². The predicted molar refractivity (Wildman–Crippen MR) is 84.4 cm³/mol. The molecule has 2 rings (SSSR count). The molecule has 2 heterocycles. The Morgan fingerprint density at radius 3 is 2.81 bits per heavy atom. The quantitative estimate of drug-likeness (QED) is 0.847. The van der Waals surface area contributed by atoms with E-state index in [1.807, 2.05) is 27.9 Å². The molecule has 1 atom stereocenters. The molecule has 6 heteroatoms. The number of carbonyl (C=O) groups is 1. The smallest absolute Gasteiger partial charge is 0.238 e. The Morgan fingerprint density at radius 2 is 2.19 bits per heavy atom. The average Bonchev–Trinajstić information content (AvgIpc) is 2.66. The Kier molecular flexibility index (Phi) is 5.36. The van der Waals surface area contributed by atoms with Gasteiger partial charge in [-0.25, -0.2) is 0 Å². The first-order chi connectivity index (χ1) is 10.0. The first-order valence-corrected chi connectivity index (χ1v) is 7.68. The minimum atomic E-state index is 0.0549. The number of hydrogen-bond donors (Lipinski definition) is 2. The van der Waals surface area contributed by atoms with Gasteiger partial charge in [0.15, 0.2) is 0 Å². The van der Waals surface area contributed by atoms with Gasteiger partial charge in [-0.1, -0.05) is 0 Å². The molecule has 0 aromatic carbocycles. The molecule has 6 nitrogen and oxygen atoms in total. The van der Waals surface area contributed by atoms with E-state index in [2.05, 4.69) is 20.6 Å². The van der Waals surface area contributed by atoms with Crippen LogP contribution in [0.1, 0.15) is 24.2 Å². The van der Waals surface area contributed by atoms with Gasteiger partial charge in [-0.3, -0.25) is 14.4 Å². The molecule has 21 heavy (non-hydrogen) atoms. The van der Waals surface area contributed by atoms with Crippen LogP contribution in [0.25, 0.3) is 0 Å². The number of aryl methyl sites for hydroxylation is 2. The van der Waals surface area contributed by atoms with Gasteiger partial charge in [-0.05, 0) is 52.7 Å². The van der Waals surface area contributed by atoms with Gasteiger partial charge in [0, 0.05) is 13.6 Å². The van der Waals surface area contributed by atoms with E-state index >= 15 is 0 Å². The Hall–Kier alpha value is -1.40. The SMILES string of the molecule is CNCC1CCCN(CC(=O)Nc2c(C)nn(C)c2C)C1. The number of anilines is 1. The van der Waals surface area contributed by atoms with Gasteiger partial charge in [0.25, 0.3) is 0 Å². The van der Waals surface area contributed by atoms with E-state index in [0.717, 1.165) is 36.7 Å². The first-order valence-electron chi connectivity index (χ1n) is 7.68. The molecule has 0 spiro atoms. The second kappa shape index (κ2) is 7.04. The second-order valence-electron chi connectivity index (χ2n) is 6.02. The zero-order valence-electron chi connectivity index (χ0n) is 13.6. The van der Waals surface area contributed by atoms with Crippen LogP contribution in [-0.2, 0) is 11.8 Å². The fraction of sp³-hybridized carbons (Fsp3) is 0.733. The molecular formula is C15H27N5O. The van der Waals surface area contributed by atoms with Crippen molar-refractivity contribution < 1.29 is 4.79 Å². The van der Waals surface area contributed by atoms with Crippen molar-refractivity contribution in [2.75, 3.05) is 38.5 Å². The number of nitrogens with one attached hydrogen (secondary N) is 2. The van der Waals surface area contributed by atoms with Crippen LogP contribution < -0.4 is 10.6 Å². The van der Waals surface area contributed by atoms with Gasteiger partial charge < -0.3 is 10.6 Å². The van der Waals surface area contributed by atoms with Crippen molar-refractivity contribution in [3.05, 3.63) is 11.4 Å². The number of piperidine rings is 1. The number of rotatable bonds is 5. The summed E-state index contributed by atoms with van der Waals surface area (Å²) in [6.45, 7) is 7.40. The molecule has 0 aliphatic carbocycles. The van der Waals surface area contributed by atoms with Crippen molar-refractivity contribution in [2.24, 2.45) is 13.0 Å². The monoisotopic (exact) mass is 293 g/mol. The standard InChI is InChI=1S/C15H27N5O/c1-11-15(12(2)19(4)18-11)17-14(21)10-20-7-5-6-13(9-20)8-16-3/h13,16H,5-10H2,1-4H3,(H,17,21). The summed E-state index contributed by atoms with van der Waals surface area (Å²) in [5.74, 6) is 0.706. The summed E-state index contributed by atoms with van der Waals surface area (Å²) >= 11 is 0. The maximum absolute atomic E-state index is 12.3. The summed E-state index contributed by atoms with van der Waals surface area (Å²) in [7, 11) is 3.88. The Balaban J connectivity index is 1.89. The highest BCUT2D eigenvalue weighted by atomic mass is 16.2. The summed E-state index contributed by atoms with van der Waals surface area (Å²) < 4.78 is 1.80. The molecule has 0 bridgehead atoms. The highest BCUT2D eigenvalue weighted by molar-refractivity contribution is 5.93. The summed E-state index contributed by atoms with van der Waals surface area (Å²) in [6.07, 6.45) is 2.42. The minimum absolute atomic E-state index is 0.0549. The number of carbonyl (C=O) groups excluding carboxylic acids is 1. The van der Waals surface area contributed by atoms with Crippen LogP contribution in [0.15, 0.2) is 0 Å². The van der Waals surface area contributed by atoms with E-state index in [0.29, 0.717) is 12.5 Å². The van der Waals surface area contributed by atoms with E-state index in [4.69, 9.17) is 0 Å². The lowest BCUT2D eigenvalue weighted by Gasteiger charge is -2.32. The molecule has 118 valence electrons. The van der Waals surface area contributed by atoms with E-state index in [-0.39, 0.29) is 5.91 Å². The van der Waals surface area contributed by atoms with Gasteiger partial charge in [0.05, 0.1) is 23.6 Å². The van der Waals surface area contributed by atoms with Crippen LogP contribution in [0.5, 0.6) is 0 Å². The maximum Gasteiger partial charge on any atom is 0.238 e. The molecule has 1 aromatic rings. The van der Waals surface area contributed by atoms with Gasteiger partial charge in [-0.2, -0.15) is 5.10 Å². The van der Waals surface area contributed by atoms with E-state index in [1.165, 1.54) is 12.8 Å². The number of amides is 1. The summed E-state index contributed by atoms with van der Waals surface area (Å²) in [5.41, 5.74) is 2.72. The molecule has 2 N–H and O–H groups in total. The van der Waals surface area contributed by atoms with Crippen molar-refractivity contribution >= 4 is 11.6 Å². The van der Waals surface area contributed by atoms with Gasteiger partial charge in [0.2, 0.25) is 5.91 Å². The molecule has 1 fully saturated rings. The van der Waals surface area contributed by atoms with Crippen LogP contribution in [0.3, 0.4) is 0 Å². The molecule has 1 aromatic heterocycles. The fourth-order valence-corrected chi connectivity index (χ4v) is 3.09. The van der Waals surface area contributed by atoms with Gasteiger partial charge >= 0.3 is 0 Å². The predicted octanol–water partition coefficient (Wildman–Crippen LogP) is 0.907. The third kappa shape index (κ3) is 4.04. The van der Waals surface area contributed by atoms with Crippen LogP contribution in [0, 0.1) is 19.8 Å². The van der Waals surface area contributed by atoms with Crippen LogP contribution >= 0.6 is 0 Å². The lowest BCUT2D eigenvalue weighted by molar-refractivity contribution is -0.117. The lowest BCUT2D eigenvalue weighted by Crippen LogP contribution is -2.42. The number of aromatic nitrogens is 2. The Labute approximate surface area is 126 Å². The molecule has 1 amide bonds. The zero-order valence-corrected chi connectivity index (χ0v) is 13.6. The van der Waals surface area contributed by atoms with E-state index in [9.17, 15) is 4.79 Å². The summed E-state index contributed by atoms with van der Waals surface area (Å²) in [4.78, 5) is 14.5. The zero-order chi connectivity index (χ0) is 15.4. The maximum atomic E-state index is 12.3. The third-order valence-corrected chi connectivity index (χ3v) is 4.24. The number of hydrogen-bond acceptors (Lipinski definition) is 4. The molecule has 1 aliphatic heterocycles. The lowest BCUT2D eigenvalue weighted by atomic mass is 9.98. The third-order valence-electron chi connectivity index (χ3n) is 4.24. The Bertz CT molecular complexity index is 494. The van der Waals surface area contributed by atoms with E-state index < -0.39 is 0 Å². The highest BCUT2D eigenvalue weighted by Crippen LogP contribution is 2.19. The normalized spacial score (nSPS) is 19.7. The number of nitrogens with zero attached hydrogens (tertiary/aromatic N) is 3. The fourth-order valence-electron chi connectivity index (χ4n) is 3.09. The van der Waals surface area contributed by atoms with Crippen LogP contribution in [-0.4, -0.2) is 53.8 Å². The van der Waals surface area contributed by atoms with E-state index in [1.54, 1.807) is 4.68 Å². The first kappa shape index (κ1) is 16.0. The highest BCUT2D eigenvalue weighted by Gasteiger charge is 2.22.